The largest absolute Gasteiger partial charge is 0.381 e. The van der Waals surface area contributed by atoms with Gasteiger partial charge in [-0.15, -0.1) is 0 Å². The molecule has 0 aliphatic rings. The number of aromatic nitrogens is 2. The minimum Gasteiger partial charge on any atom is -0.381 e. The summed E-state index contributed by atoms with van der Waals surface area (Å²) in [6.07, 6.45) is 5.02. The van der Waals surface area contributed by atoms with Gasteiger partial charge in [0.2, 0.25) is 0 Å². The van der Waals surface area contributed by atoms with Crippen LogP contribution in [0.5, 0.6) is 0 Å². The maximum atomic E-state index is 5.23. The fraction of sp³-hybridized carbons (Fsp3) is 0.727. The second-order valence-corrected chi connectivity index (χ2v) is 4.14. The Morgan fingerprint density at radius 1 is 1.43 bits per heavy atom. The summed E-state index contributed by atoms with van der Waals surface area (Å²) < 4.78 is 7.44. The van der Waals surface area contributed by atoms with Crippen LogP contribution in [0.2, 0.25) is 0 Å². The van der Waals surface area contributed by atoms with E-state index >= 15 is 0 Å². The summed E-state index contributed by atoms with van der Waals surface area (Å²) in [5, 5.41) is 0. The number of hydrogen-bond acceptors (Lipinski definition) is 2. The van der Waals surface area contributed by atoms with Crippen molar-refractivity contribution in [2.24, 2.45) is 5.92 Å². The maximum Gasteiger partial charge on any atom is 0.111 e. The summed E-state index contributed by atoms with van der Waals surface area (Å²) in [5.41, 5.74) is 0. The van der Waals surface area contributed by atoms with Crippen LogP contribution in [0.4, 0.5) is 0 Å². The second kappa shape index (κ2) is 5.15. The van der Waals surface area contributed by atoms with Crippen LogP contribution in [0.25, 0.3) is 0 Å². The molecule has 1 heterocycles. The van der Waals surface area contributed by atoms with Crippen molar-refractivity contribution in [3.63, 3.8) is 0 Å². The van der Waals surface area contributed by atoms with Crippen molar-refractivity contribution in [3.8, 4) is 0 Å². The number of ether oxygens (including phenoxy) is 1. The Morgan fingerprint density at radius 2 is 2.14 bits per heavy atom. The molecule has 1 unspecified atom stereocenters. The molecule has 1 aromatic heterocycles. The van der Waals surface area contributed by atoms with Crippen molar-refractivity contribution in [1.29, 1.82) is 0 Å². The minimum absolute atomic E-state index is 0.239. The van der Waals surface area contributed by atoms with Gasteiger partial charge in [-0.05, 0) is 12.8 Å². The quantitative estimate of drug-likeness (QED) is 0.721. The predicted molar refractivity (Wildman–Crippen MR) is 57.2 cm³/mol. The normalized spacial score (nSPS) is 13.5. The van der Waals surface area contributed by atoms with Gasteiger partial charge < -0.3 is 9.30 Å². The molecule has 0 aliphatic carbocycles. The van der Waals surface area contributed by atoms with Gasteiger partial charge in [0.1, 0.15) is 5.82 Å². The fourth-order valence-corrected chi connectivity index (χ4v) is 1.43. The van der Waals surface area contributed by atoms with Crippen LogP contribution in [0.1, 0.15) is 26.6 Å². The van der Waals surface area contributed by atoms with Crippen molar-refractivity contribution in [3.05, 3.63) is 18.2 Å². The first-order valence-corrected chi connectivity index (χ1v) is 5.16. The highest BCUT2D eigenvalue weighted by Crippen LogP contribution is 2.07. The molecule has 1 rings (SSSR count). The SMILES string of the molecule is COC(C)Cc1nccn1CC(C)C. The van der Waals surface area contributed by atoms with Crippen molar-refractivity contribution < 1.29 is 4.74 Å². The third-order valence-corrected chi connectivity index (χ3v) is 2.24. The summed E-state index contributed by atoms with van der Waals surface area (Å²) in [6, 6.07) is 0. The van der Waals surface area contributed by atoms with Gasteiger partial charge in [0.15, 0.2) is 0 Å². The van der Waals surface area contributed by atoms with Crippen LogP contribution in [0.15, 0.2) is 12.4 Å². The molecule has 0 N–H and O–H groups in total. The Balaban J connectivity index is 2.62. The van der Waals surface area contributed by atoms with Gasteiger partial charge in [-0.25, -0.2) is 4.98 Å². The van der Waals surface area contributed by atoms with Crippen LogP contribution in [0.3, 0.4) is 0 Å². The van der Waals surface area contributed by atoms with Crippen LogP contribution < -0.4 is 0 Å². The molecule has 80 valence electrons. The summed E-state index contributed by atoms with van der Waals surface area (Å²) in [6.45, 7) is 7.52. The zero-order chi connectivity index (χ0) is 10.6. The van der Waals surface area contributed by atoms with E-state index in [9.17, 15) is 0 Å². The Morgan fingerprint density at radius 3 is 2.71 bits per heavy atom. The molecule has 0 aliphatic heterocycles. The summed E-state index contributed by atoms with van der Waals surface area (Å²) in [5.74, 6) is 1.77. The molecule has 1 aromatic rings. The van der Waals surface area contributed by atoms with Gasteiger partial charge >= 0.3 is 0 Å². The zero-order valence-corrected chi connectivity index (χ0v) is 9.53. The van der Waals surface area contributed by atoms with Crippen LogP contribution >= 0.6 is 0 Å². The monoisotopic (exact) mass is 196 g/mol. The van der Waals surface area contributed by atoms with Gasteiger partial charge in [-0.2, -0.15) is 0 Å². The number of nitrogens with zero attached hydrogens (tertiary/aromatic N) is 2. The van der Waals surface area contributed by atoms with E-state index in [0.717, 1.165) is 18.8 Å². The first-order chi connectivity index (χ1) is 6.63. The average molecular weight is 196 g/mol. The molecular formula is C11H20N2O. The zero-order valence-electron chi connectivity index (χ0n) is 9.53. The third kappa shape index (κ3) is 3.14. The molecule has 3 nitrogen and oxygen atoms in total. The lowest BCUT2D eigenvalue weighted by molar-refractivity contribution is 0.116. The fourth-order valence-electron chi connectivity index (χ4n) is 1.43. The highest BCUT2D eigenvalue weighted by molar-refractivity contribution is 4.94. The summed E-state index contributed by atoms with van der Waals surface area (Å²) in [7, 11) is 1.74. The average Bonchev–Trinajstić information content (AvgIpc) is 2.52. The molecule has 3 heteroatoms. The standard InChI is InChI=1S/C11H20N2O/c1-9(2)8-13-6-5-12-11(13)7-10(3)14-4/h5-6,9-10H,7-8H2,1-4H3. The number of methoxy groups -OCH3 is 1. The van der Waals surface area contributed by atoms with Crippen LogP contribution in [-0.4, -0.2) is 22.8 Å². The number of imidazole rings is 1. The molecule has 0 bridgehead atoms. The van der Waals surface area contributed by atoms with E-state index in [2.05, 4.69) is 30.3 Å². The molecule has 0 saturated heterocycles. The topological polar surface area (TPSA) is 27.1 Å². The van der Waals surface area contributed by atoms with E-state index in [1.54, 1.807) is 7.11 Å². The maximum absolute atomic E-state index is 5.23. The molecule has 0 spiro atoms. The molecule has 0 radical (unpaired) electrons. The Bertz CT molecular complexity index is 268. The van der Waals surface area contributed by atoms with Gasteiger partial charge in [0, 0.05) is 32.5 Å². The number of rotatable bonds is 5. The first kappa shape index (κ1) is 11.2. The highest BCUT2D eigenvalue weighted by Gasteiger charge is 2.08. The van der Waals surface area contributed by atoms with E-state index in [0.29, 0.717) is 5.92 Å². The number of hydrogen-bond donors (Lipinski definition) is 0. The van der Waals surface area contributed by atoms with Crippen molar-refractivity contribution in [2.75, 3.05) is 7.11 Å². The van der Waals surface area contributed by atoms with E-state index in [1.807, 2.05) is 12.4 Å². The molecule has 0 saturated carbocycles. The van der Waals surface area contributed by atoms with Crippen molar-refractivity contribution >= 4 is 0 Å². The predicted octanol–water partition coefficient (Wildman–Crippen LogP) is 2.12. The third-order valence-electron chi connectivity index (χ3n) is 2.24. The van der Waals surface area contributed by atoms with Crippen molar-refractivity contribution in [1.82, 2.24) is 9.55 Å². The molecule has 0 fully saturated rings. The van der Waals surface area contributed by atoms with Crippen LogP contribution in [-0.2, 0) is 17.7 Å². The smallest absolute Gasteiger partial charge is 0.111 e. The molecular weight excluding hydrogens is 176 g/mol. The Kier molecular flexibility index (Phi) is 4.14. The highest BCUT2D eigenvalue weighted by atomic mass is 16.5. The van der Waals surface area contributed by atoms with E-state index in [4.69, 9.17) is 4.74 Å². The summed E-state index contributed by atoms with van der Waals surface area (Å²) in [4.78, 5) is 4.34. The van der Waals surface area contributed by atoms with Gasteiger partial charge in [-0.3, -0.25) is 0 Å². The van der Waals surface area contributed by atoms with Gasteiger partial charge in [0.05, 0.1) is 6.10 Å². The van der Waals surface area contributed by atoms with E-state index in [-0.39, 0.29) is 6.10 Å². The minimum atomic E-state index is 0.239. The molecule has 14 heavy (non-hydrogen) atoms. The lowest BCUT2D eigenvalue weighted by atomic mass is 10.2. The Labute approximate surface area is 86.1 Å². The lowest BCUT2D eigenvalue weighted by Crippen LogP contribution is -2.15. The molecule has 0 aromatic carbocycles. The summed E-state index contributed by atoms with van der Waals surface area (Å²) >= 11 is 0. The van der Waals surface area contributed by atoms with Crippen LogP contribution in [0, 0.1) is 5.92 Å². The van der Waals surface area contributed by atoms with E-state index < -0.39 is 0 Å². The van der Waals surface area contributed by atoms with Crippen molar-refractivity contribution in [2.45, 2.75) is 39.8 Å². The van der Waals surface area contributed by atoms with Gasteiger partial charge in [-0.1, -0.05) is 13.8 Å². The van der Waals surface area contributed by atoms with E-state index in [1.165, 1.54) is 0 Å². The molecule has 0 amide bonds. The Hall–Kier alpha value is -0.830. The first-order valence-electron chi connectivity index (χ1n) is 5.16. The van der Waals surface area contributed by atoms with Gasteiger partial charge in [0.25, 0.3) is 0 Å². The lowest BCUT2D eigenvalue weighted by Gasteiger charge is -2.13. The second-order valence-electron chi connectivity index (χ2n) is 4.14. The molecule has 1 atom stereocenters.